The van der Waals surface area contributed by atoms with Crippen LogP contribution in [0.15, 0.2) is 54.6 Å². The first-order valence-corrected chi connectivity index (χ1v) is 7.29. The van der Waals surface area contributed by atoms with Gasteiger partial charge in [0.05, 0.1) is 12.7 Å². The molecule has 0 amide bonds. The van der Waals surface area contributed by atoms with Gasteiger partial charge < -0.3 is 4.74 Å². The van der Waals surface area contributed by atoms with Crippen LogP contribution in [0.25, 0.3) is 0 Å². The molecule has 2 aromatic carbocycles. The molecule has 94 valence electrons. The molecule has 0 aliphatic heterocycles. The van der Waals surface area contributed by atoms with Crippen molar-refractivity contribution in [3.8, 4) is 0 Å². The van der Waals surface area contributed by atoms with E-state index in [1.54, 1.807) is 12.1 Å². The van der Waals surface area contributed by atoms with Crippen LogP contribution in [0, 0.1) is 5.82 Å². The zero-order valence-corrected chi connectivity index (χ0v) is 12.0. The Morgan fingerprint density at radius 1 is 1.00 bits per heavy atom. The molecule has 2 rings (SSSR count). The number of ether oxygens (including phenoxy) is 1. The van der Waals surface area contributed by atoms with Gasteiger partial charge in [-0.1, -0.05) is 71.1 Å². The first kappa shape index (κ1) is 13.5. The van der Waals surface area contributed by atoms with Crippen LogP contribution in [0.2, 0.25) is 0 Å². The van der Waals surface area contributed by atoms with E-state index in [0.717, 1.165) is 9.99 Å². The summed E-state index contributed by atoms with van der Waals surface area (Å²) >= 11 is 2.22. The molecule has 18 heavy (non-hydrogen) atoms. The largest absolute Gasteiger partial charge is 0.368 e. The number of halogens is 2. The summed E-state index contributed by atoms with van der Waals surface area (Å²) in [4.78, 5) is 0. The molecule has 0 fully saturated rings. The summed E-state index contributed by atoms with van der Waals surface area (Å²) in [7, 11) is 0. The SMILES string of the molecule is Fc1ccccc1C(CI)OCc1ccccc1. The molecule has 0 radical (unpaired) electrons. The molecule has 0 saturated carbocycles. The summed E-state index contributed by atoms with van der Waals surface area (Å²) in [5.74, 6) is -0.202. The number of benzene rings is 2. The van der Waals surface area contributed by atoms with Crippen molar-refractivity contribution in [3.63, 3.8) is 0 Å². The Kier molecular flexibility index (Phi) is 5.13. The van der Waals surface area contributed by atoms with Crippen LogP contribution in [0.4, 0.5) is 4.39 Å². The highest BCUT2D eigenvalue weighted by atomic mass is 127. The van der Waals surface area contributed by atoms with Crippen molar-refractivity contribution in [2.24, 2.45) is 0 Å². The molecule has 0 aliphatic rings. The maximum absolute atomic E-state index is 13.7. The number of rotatable bonds is 5. The van der Waals surface area contributed by atoms with Crippen molar-refractivity contribution in [2.45, 2.75) is 12.7 Å². The van der Waals surface area contributed by atoms with Crippen molar-refractivity contribution in [3.05, 3.63) is 71.5 Å². The molecule has 2 aromatic rings. The second kappa shape index (κ2) is 6.85. The lowest BCUT2D eigenvalue weighted by atomic mass is 10.1. The van der Waals surface area contributed by atoms with Gasteiger partial charge in [0, 0.05) is 9.99 Å². The summed E-state index contributed by atoms with van der Waals surface area (Å²) < 4.78 is 20.2. The maximum Gasteiger partial charge on any atom is 0.129 e. The molecule has 0 aliphatic carbocycles. The molecule has 0 spiro atoms. The van der Waals surface area contributed by atoms with E-state index in [1.165, 1.54) is 6.07 Å². The van der Waals surface area contributed by atoms with E-state index < -0.39 is 0 Å². The van der Waals surface area contributed by atoms with Crippen molar-refractivity contribution < 1.29 is 9.13 Å². The number of hydrogen-bond donors (Lipinski definition) is 0. The molecule has 0 aromatic heterocycles. The fraction of sp³-hybridized carbons (Fsp3) is 0.200. The van der Waals surface area contributed by atoms with Crippen LogP contribution in [0.3, 0.4) is 0 Å². The summed E-state index contributed by atoms with van der Waals surface area (Å²) in [5.41, 5.74) is 1.73. The van der Waals surface area contributed by atoms with Gasteiger partial charge in [-0.25, -0.2) is 4.39 Å². The van der Waals surface area contributed by atoms with E-state index in [0.29, 0.717) is 12.2 Å². The van der Waals surface area contributed by atoms with E-state index >= 15 is 0 Å². The van der Waals surface area contributed by atoms with Gasteiger partial charge in [0.2, 0.25) is 0 Å². The van der Waals surface area contributed by atoms with Gasteiger partial charge in [0.25, 0.3) is 0 Å². The highest BCUT2D eigenvalue weighted by molar-refractivity contribution is 14.1. The highest BCUT2D eigenvalue weighted by Crippen LogP contribution is 2.23. The van der Waals surface area contributed by atoms with Gasteiger partial charge in [-0.2, -0.15) is 0 Å². The minimum Gasteiger partial charge on any atom is -0.368 e. The molecule has 0 heterocycles. The van der Waals surface area contributed by atoms with Crippen molar-refractivity contribution in [2.75, 3.05) is 4.43 Å². The minimum atomic E-state index is -0.202. The van der Waals surface area contributed by atoms with Crippen LogP contribution < -0.4 is 0 Å². The monoisotopic (exact) mass is 356 g/mol. The zero-order chi connectivity index (χ0) is 12.8. The summed E-state index contributed by atoms with van der Waals surface area (Å²) in [6.07, 6.45) is -0.202. The number of hydrogen-bond acceptors (Lipinski definition) is 1. The van der Waals surface area contributed by atoms with Crippen LogP contribution >= 0.6 is 22.6 Å². The first-order chi connectivity index (χ1) is 8.81. The fourth-order valence-corrected chi connectivity index (χ4v) is 2.45. The smallest absolute Gasteiger partial charge is 0.129 e. The molecule has 3 heteroatoms. The van der Waals surface area contributed by atoms with Crippen molar-refractivity contribution in [1.82, 2.24) is 0 Å². The van der Waals surface area contributed by atoms with Gasteiger partial charge in [-0.05, 0) is 11.6 Å². The van der Waals surface area contributed by atoms with E-state index in [1.807, 2.05) is 36.4 Å². The third kappa shape index (κ3) is 3.53. The van der Waals surface area contributed by atoms with Gasteiger partial charge in [-0.3, -0.25) is 0 Å². The molecule has 1 atom stereocenters. The van der Waals surface area contributed by atoms with Gasteiger partial charge >= 0.3 is 0 Å². The van der Waals surface area contributed by atoms with Gasteiger partial charge in [-0.15, -0.1) is 0 Å². The maximum atomic E-state index is 13.7. The van der Waals surface area contributed by atoms with E-state index in [9.17, 15) is 4.39 Å². The van der Waals surface area contributed by atoms with Crippen LogP contribution in [-0.2, 0) is 11.3 Å². The van der Waals surface area contributed by atoms with Gasteiger partial charge in [0.15, 0.2) is 0 Å². The Morgan fingerprint density at radius 3 is 2.33 bits per heavy atom. The van der Waals surface area contributed by atoms with E-state index in [4.69, 9.17) is 4.74 Å². The Bertz CT molecular complexity index is 487. The average Bonchev–Trinajstić information content (AvgIpc) is 2.42. The van der Waals surface area contributed by atoms with Crippen LogP contribution in [0.1, 0.15) is 17.2 Å². The minimum absolute atomic E-state index is 0.202. The topological polar surface area (TPSA) is 9.23 Å². The second-order valence-corrected chi connectivity index (χ2v) is 4.84. The molecule has 1 unspecified atom stereocenters. The predicted octanol–water partition coefficient (Wildman–Crippen LogP) is 4.52. The van der Waals surface area contributed by atoms with Crippen molar-refractivity contribution >= 4 is 22.6 Å². The third-order valence-corrected chi connectivity index (χ3v) is 3.49. The quantitative estimate of drug-likeness (QED) is 0.566. The fourth-order valence-electron chi connectivity index (χ4n) is 1.72. The van der Waals surface area contributed by atoms with E-state index in [-0.39, 0.29) is 11.9 Å². The Balaban J connectivity index is 2.04. The highest BCUT2D eigenvalue weighted by Gasteiger charge is 2.14. The summed E-state index contributed by atoms with van der Waals surface area (Å²) in [5, 5.41) is 0. The second-order valence-electron chi connectivity index (χ2n) is 3.96. The molecule has 0 saturated heterocycles. The average molecular weight is 356 g/mol. The first-order valence-electron chi connectivity index (χ1n) is 5.77. The number of alkyl halides is 1. The zero-order valence-electron chi connectivity index (χ0n) is 9.85. The lowest BCUT2D eigenvalue weighted by Crippen LogP contribution is -2.08. The Labute approximate surface area is 120 Å². The van der Waals surface area contributed by atoms with Crippen LogP contribution in [0.5, 0.6) is 0 Å². The normalized spacial score (nSPS) is 12.3. The molecule has 0 N–H and O–H groups in total. The van der Waals surface area contributed by atoms with Crippen molar-refractivity contribution in [1.29, 1.82) is 0 Å². The Hall–Kier alpha value is -0.940. The summed E-state index contributed by atoms with van der Waals surface area (Å²) in [6, 6.07) is 16.7. The van der Waals surface area contributed by atoms with Gasteiger partial charge in [0.1, 0.15) is 5.82 Å². The standard InChI is InChI=1S/C15H14FIO/c16-14-9-5-4-8-13(14)15(10-17)18-11-12-6-2-1-3-7-12/h1-9,15H,10-11H2. The van der Waals surface area contributed by atoms with Crippen LogP contribution in [-0.4, -0.2) is 4.43 Å². The summed E-state index contributed by atoms with van der Waals surface area (Å²) in [6.45, 7) is 0.503. The lowest BCUT2D eigenvalue weighted by molar-refractivity contribution is 0.0554. The lowest BCUT2D eigenvalue weighted by Gasteiger charge is -2.16. The Morgan fingerprint density at radius 2 is 1.67 bits per heavy atom. The molecule has 0 bridgehead atoms. The van der Waals surface area contributed by atoms with E-state index in [2.05, 4.69) is 22.6 Å². The molecule has 1 nitrogen and oxygen atoms in total. The molecular formula is C15H14FIO. The molecular weight excluding hydrogens is 342 g/mol. The third-order valence-electron chi connectivity index (χ3n) is 2.69. The predicted molar refractivity (Wildman–Crippen MR) is 79.3 cm³/mol.